The number of nitrogens with one attached hydrogen (secondary N) is 2. The number of amides is 2. The first-order valence-electron chi connectivity index (χ1n) is 10.8. The van der Waals surface area contributed by atoms with Crippen LogP contribution in [-0.2, 0) is 9.59 Å². The number of carbonyl (C=O) groups excluding carboxylic acids is 2. The Bertz CT molecular complexity index is 681. The molecule has 4 rings (SSSR count). The van der Waals surface area contributed by atoms with Gasteiger partial charge in [-0.2, -0.15) is 0 Å². The Morgan fingerprint density at radius 1 is 1.11 bits per heavy atom. The van der Waals surface area contributed by atoms with Crippen LogP contribution in [-0.4, -0.2) is 49.4 Å². The van der Waals surface area contributed by atoms with Gasteiger partial charge in [0.25, 0.3) is 0 Å². The van der Waals surface area contributed by atoms with Crippen molar-refractivity contribution < 1.29 is 9.59 Å². The smallest absolute Gasteiger partial charge is 0.233 e. The van der Waals surface area contributed by atoms with E-state index in [1.54, 1.807) is 12.6 Å². The maximum atomic E-state index is 12.7. The predicted molar refractivity (Wildman–Crippen MR) is 110 cm³/mol. The van der Waals surface area contributed by atoms with E-state index in [-0.39, 0.29) is 35.5 Å². The van der Waals surface area contributed by atoms with Crippen LogP contribution in [0.15, 0.2) is 28.8 Å². The third-order valence-corrected chi connectivity index (χ3v) is 6.76. The van der Waals surface area contributed by atoms with E-state index in [0.717, 1.165) is 31.8 Å². The van der Waals surface area contributed by atoms with Gasteiger partial charge in [-0.1, -0.05) is 23.8 Å². The van der Waals surface area contributed by atoms with E-state index in [9.17, 15) is 9.59 Å². The second kappa shape index (κ2) is 8.50. The molecular formula is C22H32N4O2. The van der Waals surface area contributed by atoms with Crippen molar-refractivity contribution in [3.05, 3.63) is 23.8 Å². The highest BCUT2D eigenvalue weighted by Gasteiger charge is 2.58. The molecule has 0 aromatic rings. The molecule has 6 nitrogen and oxygen atoms in total. The van der Waals surface area contributed by atoms with E-state index >= 15 is 0 Å². The molecule has 2 N–H and O–H groups in total. The molecule has 0 radical (unpaired) electrons. The molecular weight excluding hydrogens is 352 g/mol. The number of hydrogen-bond acceptors (Lipinski definition) is 3. The Hall–Kier alpha value is -2.11. The molecule has 2 bridgehead atoms. The lowest BCUT2D eigenvalue weighted by molar-refractivity contribution is -0.140. The van der Waals surface area contributed by atoms with Crippen molar-refractivity contribution in [3.8, 4) is 0 Å². The van der Waals surface area contributed by atoms with Crippen LogP contribution in [0.25, 0.3) is 0 Å². The first-order chi connectivity index (χ1) is 13.7. The van der Waals surface area contributed by atoms with Gasteiger partial charge in [0.05, 0.1) is 11.8 Å². The lowest BCUT2D eigenvalue weighted by atomic mass is 9.85. The zero-order valence-corrected chi connectivity index (χ0v) is 16.8. The lowest BCUT2D eigenvalue weighted by Gasteiger charge is -2.18. The zero-order valence-electron chi connectivity index (χ0n) is 16.8. The molecule has 1 aliphatic heterocycles. The van der Waals surface area contributed by atoms with Crippen LogP contribution in [0.3, 0.4) is 0 Å². The van der Waals surface area contributed by atoms with E-state index in [1.807, 2.05) is 0 Å². The highest BCUT2D eigenvalue weighted by molar-refractivity contribution is 6.06. The van der Waals surface area contributed by atoms with Crippen molar-refractivity contribution in [2.24, 2.45) is 28.7 Å². The van der Waals surface area contributed by atoms with E-state index in [4.69, 9.17) is 0 Å². The first kappa shape index (κ1) is 19.2. The largest absolute Gasteiger partial charge is 0.356 e. The van der Waals surface area contributed by atoms with Crippen LogP contribution >= 0.6 is 0 Å². The molecule has 2 fully saturated rings. The Balaban J connectivity index is 1.16. The van der Waals surface area contributed by atoms with E-state index in [2.05, 4.69) is 33.9 Å². The van der Waals surface area contributed by atoms with Crippen LogP contribution in [0.4, 0.5) is 0 Å². The fourth-order valence-electron chi connectivity index (χ4n) is 5.32. The minimum Gasteiger partial charge on any atom is -0.356 e. The summed E-state index contributed by atoms with van der Waals surface area (Å²) in [6, 6.07) is 0. The van der Waals surface area contributed by atoms with Gasteiger partial charge in [0.15, 0.2) is 5.96 Å². The molecule has 1 saturated heterocycles. The first-order valence-corrected chi connectivity index (χ1v) is 10.8. The number of hydrogen-bond donors (Lipinski definition) is 2. The summed E-state index contributed by atoms with van der Waals surface area (Å²) < 4.78 is 0. The van der Waals surface area contributed by atoms with Crippen molar-refractivity contribution in [1.29, 1.82) is 0 Å². The Kier molecular flexibility index (Phi) is 5.83. The lowest BCUT2D eigenvalue weighted by Crippen LogP contribution is -2.40. The van der Waals surface area contributed by atoms with E-state index in [1.165, 1.54) is 30.6 Å². The average Bonchev–Trinajstić information content (AvgIpc) is 3.39. The number of allylic oxidation sites excluding steroid dienone is 3. The molecule has 6 heteroatoms. The van der Waals surface area contributed by atoms with Gasteiger partial charge in [-0.3, -0.25) is 19.5 Å². The maximum Gasteiger partial charge on any atom is 0.233 e. The van der Waals surface area contributed by atoms with Crippen LogP contribution < -0.4 is 10.6 Å². The number of likely N-dealkylation sites (tertiary alicyclic amines) is 1. The zero-order chi connectivity index (χ0) is 19.5. The predicted octanol–water partition coefficient (Wildman–Crippen LogP) is 2.24. The number of guanidine groups is 1. The summed E-state index contributed by atoms with van der Waals surface area (Å²) in [5.41, 5.74) is 1.55. The second-order valence-electron chi connectivity index (χ2n) is 8.47. The fourth-order valence-corrected chi connectivity index (χ4v) is 5.32. The number of imide groups is 1. The maximum absolute atomic E-state index is 12.7. The highest BCUT2D eigenvalue weighted by Crippen LogP contribution is 2.52. The van der Waals surface area contributed by atoms with E-state index in [0.29, 0.717) is 13.1 Å². The number of rotatable bonds is 7. The van der Waals surface area contributed by atoms with Crippen LogP contribution in [0.1, 0.15) is 44.9 Å². The molecule has 4 aliphatic rings. The molecule has 0 aromatic carbocycles. The quantitative estimate of drug-likeness (QED) is 0.232. The van der Waals surface area contributed by atoms with Gasteiger partial charge in [-0.05, 0) is 56.8 Å². The molecule has 0 aromatic heterocycles. The van der Waals surface area contributed by atoms with Crippen LogP contribution in [0, 0.1) is 23.7 Å². The van der Waals surface area contributed by atoms with Crippen molar-refractivity contribution in [2.45, 2.75) is 44.9 Å². The molecule has 28 heavy (non-hydrogen) atoms. The molecule has 4 atom stereocenters. The summed E-state index contributed by atoms with van der Waals surface area (Å²) in [5.74, 6) is 1.30. The average molecular weight is 385 g/mol. The Morgan fingerprint density at radius 2 is 1.82 bits per heavy atom. The van der Waals surface area contributed by atoms with Crippen molar-refractivity contribution in [3.63, 3.8) is 0 Å². The minimum atomic E-state index is -0.0843. The van der Waals surface area contributed by atoms with Crippen molar-refractivity contribution in [1.82, 2.24) is 15.5 Å². The van der Waals surface area contributed by atoms with Gasteiger partial charge in [-0.25, -0.2) is 0 Å². The monoisotopic (exact) mass is 384 g/mol. The second-order valence-corrected chi connectivity index (χ2v) is 8.47. The number of fused-ring (bicyclic) bond motifs is 5. The number of carbonyl (C=O) groups is 2. The molecule has 2 amide bonds. The third-order valence-electron chi connectivity index (χ3n) is 6.76. The summed E-state index contributed by atoms with van der Waals surface area (Å²) in [7, 11) is 1.77. The molecule has 0 spiro atoms. The molecule has 1 saturated carbocycles. The fraction of sp³-hybridized carbons (Fsp3) is 0.682. The van der Waals surface area contributed by atoms with Crippen molar-refractivity contribution >= 4 is 17.8 Å². The summed E-state index contributed by atoms with van der Waals surface area (Å²) in [4.78, 5) is 31.1. The van der Waals surface area contributed by atoms with Gasteiger partial charge in [0.1, 0.15) is 0 Å². The molecule has 152 valence electrons. The SMILES string of the molecule is CN=C(NCCCN1C(=O)C2C3C=CC(C3)C2C1=O)NCCC1=CCCCC1. The Labute approximate surface area is 167 Å². The Morgan fingerprint density at radius 3 is 2.46 bits per heavy atom. The van der Waals surface area contributed by atoms with Crippen LogP contribution in [0.2, 0.25) is 0 Å². The summed E-state index contributed by atoms with van der Waals surface area (Å²) >= 11 is 0. The highest BCUT2D eigenvalue weighted by atomic mass is 16.2. The number of aliphatic imine (C=N–C) groups is 1. The molecule has 4 unspecified atom stereocenters. The van der Waals surface area contributed by atoms with Crippen molar-refractivity contribution in [2.75, 3.05) is 26.7 Å². The van der Waals surface area contributed by atoms with Gasteiger partial charge in [-0.15, -0.1) is 0 Å². The van der Waals surface area contributed by atoms with Gasteiger partial charge in [0.2, 0.25) is 11.8 Å². The van der Waals surface area contributed by atoms with Gasteiger partial charge < -0.3 is 10.6 Å². The summed E-state index contributed by atoms with van der Waals surface area (Å²) in [5, 5.41) is 6.66. The topological polar surface area (TPSA) is 73.8 Å². The number of nitrogens with zero attached hydrogens (tertiary/aromatic N) is 2. The standard InChI is InChI=1S/C22H32N4O2/c1-23-22(25-12-10-15-6-3-2-4-7-15)24-11-5-13-26-20(27)18-16-8-9-17(14-16)19(18)21(26)28/h6,8-9,16-19H,2-5,7,10-14H2,1H3,(H2,23,24,25). The van der Waals surface area contributed by atoms with E-state index < -0.39 is 0 Å². The normalized spacial score (nSPS) is 31.4. The van der Waals surface area contributed by atoms with Crippen LogP contribution in [0.5, 0.6) is 0 Å². The van der Waals surface area contributed by atoms with Gasteiger partial charge in [0, 0.05) is 26.7 Å². The van der Waals surface area contributed by atoms with Gasteiger partial charge >= 0.3 is 0 Å². The minimum absolute atomic E-state index is 0.0510. The summed E-state index contributed by atoms with van der Waals surface area (Å²) in [6.07, 6.45) is 14.5. The third kappa shape index (κ3) is 3.74. The molecule has 1 heterocycles. The summed E-state index contributed by atoms with van der Waals surface area (Å²) in [6.45, 7) is 2.08. The molecule has 3 aliphatic carbocycles.